The van der Waals surface area contributed by atoms with E-state index in [1.54, 1.807) is 14.0 Å². The fraction of sp³-hybridized carbons (Fsp3) is 0.588. The van der Waals surface area contributed by atoms with Crippen molar-refractivity contribution in [3.8, 4) is 0 Å². The first kappa shape index (κ1) is 21.7. The van der Waals surface area contributed by atoms with E-state index in [9.17, 15) is 18.0 Å². The smallest absolute Gasteiger partial charge is 0.399 e. The second-order valence-corrected chi connectivity index (χ2v) is 9.81. The molecule has 0 radical (unpaired) electrons. The summed E-state index contributed by atoms with van der Waals surface area (Å²) in [6, 6.07) is 0.147. The van der Waals surface area contributed by atoms with E-state index in [1.165, 1.54) is 17.5 Å². The molecule has 1 aromatic heterocycles. The van der Waals surface area contributed by atoms with Gasteiger partial charge in [0.05, 0.1) is 21.8 Å². The Labute approximate surface area is 178 Å². The van der Waals surface area contributed by atoms with Gasteiger partial charge in [-0.05, 0) is 18.6 Å². The summed E-state index contributed by atoms with van der Waals surface area (Å²) in [4.78, 5) is 13.8. The first-order valence-corrected chi connectivity index (χ1v) is 10.7. The highest BCUT2D eigenvalue weighted by Crippen LogP contribution is 2.53. The van der Waals surface area contributed by atoms with Gasteiger partial charge in [-0.15, -0.1) is 11.3 Å². The molecule has 0 aliphatic carbocycles. The van der Waals surface area contributed by atoms with E-state index in [4.69, 9.17) is 22.1 Å². The van der Waals surface area contributed by atoms with Gasteiger partial charge in [0.1, 0.15) is 5.60 Å². The summed E-state index contributed by atoms with van der Waals surface area (Å²) in [6.45, 7) is 1.94. The van der Waals surface area contributed by atoms with Crippen LogP contribution in [0.4, 0.5) is 13.2 Å². The third-order valence-electron chi connectivity index (χ3n) is 5.12. The minimum atomic E-state index is -4.98. The van der Waals surface area contributed by atoms with E-state index in [1.807, 2.05) is 6.07 Å². The number of nitrogens with two attached hydrogens (primary N) is 1. The van der Waals surface area contributed by atoms with Crippen molar-refractivity contribution in [3.05, 3.63) is 32.7 Å². The number of piperidine rings is 1. The first-order valence-electron chi connectivity index (χ1n) is 8.60. The monoisotopic (exact) mass is 501 g/mol. The fourth-order valence-corrected chi connectivity index (χ4v) is 6.17. The van der Waals surface area contributed by atoms with Crippen molar-refractivity contribution >= 4 is 44.8 Å². The molecule has 5 nitrogen and oxygen atoms in total. The lowest BCUT2D eigenvalue weighted by molar-refractivity contribution is -0.198. The van der Waals surface area contributed by atoms with Crippen LogP contribution in [-0.2, 0) is 15.1 Å². The van der Waals surface area contributed by atoms with Crippen LogP contribution in [0.25, 0.3) is 0 Å². The Balaban J connectivity index is 2.07. The molecule has 3 rings (SSSR count). The third kappa shape index (κ3) is 3.76. The van der Waals surface area contributed by atoms with Crippen LogP contribution in [0.1, 0.15) is 35.0 Å². The van der Waals surface area contributed by atoms with Crippen molar-refractivity contribution in [2.45, 2.75) is 48.5 Å². The van der Waals surface area contributed by atoms with Crippen molar-refractivity contribution in [3.63, 3.8) is 0 Å². The van der Waals surface area contributed by atoms with Crippen LogP contribution in [0.5, 0.6) is 0 Å². The number of ether oxygens (including phenoxy) is 1. The highest BCUT2D eigenvalue weighted by atomic mass is 79.9. The molecule has 4 unspecified atom stereocenters. The van der Waals surface area contributed by atoms with Gasteiger partial charge in [0, 0.05) is 42.7 Å². The van der Waals surface area contributed by atoms with Gasteiger partial charge in [-0.1, -0.05) is 27.5 Å². The lowest BCUT2D eigenvalue weighted by Crippen LogP contribution is -2.61. The standard InChI is InChI=1S/C17H20BrClF3N3O2S/c1-8-4-16(14-9(3-13(19)28-14)10(18)7-27-16)5-12(11(23)6-24-2)25(8)15(26)17(20,21)22/h3,6,8,10,12,24H,4-5,7,23H2,1-2H3/b11-6-. The van der Waals surface area contributed by atoms with Crippen LogP contribution in [0.2, 0.25) is 4.34 Å². The number of hydrogen-bond acceptors (Lipinski definition) is 5. The van der Waals surface area contributed by atoms with Crippen molar-refractivity contribution in [2.24, 2.45) is 5.73 Å². The van der Waals surface area contributed by atoms with Gasteiger partial charge in [0.15, 0.2) is 0 Å². The minimum absolute atomic E-state index is 0.0503. The second-order valence-electron chi connectivity index (χ2n) is 7.02. The van der Waals surface area contributed by atoms with Crippen molar-refractivity contribution in [1.82, 2.24) is 10.2 Å². The number of carbonyl (C=O) groups is 1. The van der Waals surface area contributed by atoms with Crippen molar-refractivity contribution < 1.29 is 22.7 Å². The van der Waals surface area contributed by atoms with Crippen LogP contribution in [0.15, 0.2) is 18.0 Å². The highest BCUT2D eigenvalue weighted by Gasteiger charge is 2.55. The lowest BCUT2D eigenvalue weighted by atomic mass is 9.77. The Morgan fingerprint density at radius 3 is 2.82 bits per heavy atom. The summed E-state index contributed by atoms with van der Waals surface area (Å²) in [5.74, 6) is -1.90. The normalized spacial score (nSPS) is 31.0. The Kier molecular flexibility index (Phi) is 5.97. The molecule has 0 bridgehead atoms. The maximum Gasteiger partial charge on any atom is 0.471 e. The maximum atomic E-state index is 13.2. The third-order valence-corrected chi connectivity index (χ3v) is 7.34. The summed E-state index contributed by atoms with van der Waals surface area (Å²) in [7, 11) is 1.59. The van der Waals surface area contributed by atoms with Gasteiger partial charge >= 0.3 is 12.1 Å². The molecule has 3 N–H and O–H groups in total. The van der Waals surface area contributed by atoms with Crippen molar-refractivity contribution in [1.29, 1.82) is 0 Å². The maximum absolute atomic E-state index is 13.2. The van der Waals surface area contributed by atoms with Gasteiger partial charge in [-0.25, -0.2) is 0 Å². The van der Waals surface area contributed by atoms with E-state index in [-0.39, 0.29) is 23.4 Å². The average molecular weight is 503 g/mol. The molecule has 0 saturated carbocycles. The summed E-state index contributed by atoms with van der Waals surface area (Å²) in [5, 5.41) is 2.73. The number of amides is 1. The van der Waals surface area contributed by atoms with Gasteiger partial charge in [-0.2, -0.15) is 13.2 Å². The molecule has 3 heterocycles. The molecule has 11 heteroatoms. The van der Waals surface area contributed by atoms with Gasteiger partial charge in [0.25, 0.3) is 0 Å². The minimum Gasteiger partial charge on any atom is -0.399 e. The number of nitrogens with one attached hydrogen (secondary N) is 1. The van der Waals surface area contributed by atoms with E-state index in [2.05, 4.69) is 21.2 Å². The van der Waals surface area contributed by atoms with E-state index < -0.39 is 29.8 Å². The lowest BCUT2D eigenvalue weighted by Gasteiger charge is -2.51. The number of nitrogens with zero attached hydrogens (tertiary/aromatic N) is 1. The van der Waals surface area contributed by atoms with Crippen LogP contribution < -0.4 is 11.1 Å². The van der Waals surface area contributed by atoms with E-state index >= 15 is 0 Å². The molecule has 156 valence electrons. The molecule has 4 atom stereocenters. The van der Waals surface area contributed by atoms with Crippen LogP contribution >= 0.6 is 38.9 Å². The molecule has 1 fully saturated rings. The highest BCUT2D eigenvalue weighted by molar-refractivity contribution is 9.09. The average Bonchev–Trinajstić information content (AvgIpc) is 3.00. The molecular weight excluding hydrogens is 483 g/mol. The second kappa shape index (κ2) is 7.70. The summed E-state index contributed by atoms with van der Waals surface area (Å²) >= 11 is 11.1. The van der Waals surface area contributed by atoms with Gasteiger partial charge in [0.2, 0.25) is 0 Å². The van der Waals surface area contributed by atoms with Gasteiger partial charge in [-0.3, -0.25) is 4.79 Å². The predicted molar refractivity (Wildman–Crippen MR) is 105 cm³/mol. The fourth-order valence-electron chi connectivity index (χ4n) is 4.06. The molecule has 28 heavy (non-hydrogen) atoms. The summed E-state index contributed by atoms with van der Waals surface area (Å²) in [6.07, 6.45) is -3.23. The Hall–Kier alpha value is -0.970. The number of likely N-dealkylation sites (tertiary alicyclic amines) is 1. The quantitative estimate of drug-likeness (QED) is 0.600. The number of rotatable bonds is 2. The Bertz CT molecular complexity index is 803. The zero-order chi connectivity index (χ0) is 20.9. The Morgan fingerprint density at radius 2 is 2.21 bits per heavy atom. The molecular formula is C17H20BrClF3N3O2S. The van der Waals surface area contributed by atoms with E-state index in [0.717, 1.165) is 15.3 Å². The topological polar surface area (TPSA) is 67.6 Å². The number of halogens is 5. The summed E-state index contributed by atoms with van der Waals surface area (Å²) in [5.41, 5.74) is 6.34. The molecule has 2 aliphatic heterocycles. The molecule has 1 amide bonds. The molecule has 1 saturated heterocycles. The number of hydrogen-bond donors (Lipinski definition) is 2. The zero-order valence-corrected chi connectivity index (χ0v) is 18.3. The van der Waals surface area contributed by atoms with Gasteiger partial charge < -0.3 is 20.7 Å². The number of thiophene rings is 1. The zero-order valence-electron chi connectivity index (χ0n) is 15.1. The molecule has 1 spiro atoms. The largest absolute Gasteiger partial charge is 0.471 e. The first-order chi connectivity index (χ1) is 13.0. The SMILES string of the molecule is CN/C=C(\N)C1CC2(CC(C)N1C(=O)C(F)(F)F)OCC(Br)c1cc(Cl)sc12. The predicted octanol–water partition coefficient (Wildman–Crippen LogP) is 4.02. The van der Waals surface area contributed by atoms with Crippen LogP contribution in [0.3, 0.4) is 0 Å². The molecule has 2 aliphatic rings. The number of carbonyl (C=O) groups excluding carboxylic acids is 1. The number of fused-ring (bicyclic) bond motifs is 2. The van der Waals surface area contributed by atoms with Crippen molar-refractivity contribution in [2.75, 3.05) is 13.7 Å². The van der Waals surface area contributed by atoms with Crippen LogP contribution in [-0.4, -0.2) is 42.7 Å². The summed E-state index contributed by atoms with van der Waals surface area (Å²) < 4.78 is 46.5. The van der Waals surface area contributed by atoms with Crippen LogP contribution in [0, 0.1) is 0 Å². The van der Waals surface area contributed by atoms with E-state index in [0.29, 0.717) is 10.9 Å². The number of alkyl halides is 4. The molecule has 0 aromatic carbocycles. The Morgan fingerprint density at radius 1 is 1.54 bits per heavy atom. The molecule has 1 aromatic rings.